The zero-order chi connectivity index (χ0) is 16.5. The Morgan fingerprint density at radius 1 is 1.23 bits per heavy atom. The summed E-state index contributed by atoms with van der Waals surface area (Å²) in [5.41, 5.74) is -0.359. The summed E-state index contributed by atoms with van der Waals surface area (Å²) in [6, 6.07) is 2.99. The molecule has 0 bridgehead atoms. The predicted octanol–water partition coefficient (Wildman–Crippen LogP) is 2.51. The van der Waals surface area contributed by atoms with Crippen molar-refractivity contribution in [2.75, 3.05) is 6.61 Å². The van der Waals surface area contributed by atoms with E-state index in [2.05, 4.69) is 0 Å². The molecule has 0 saturated carbocycles. The number of carbonyl (C=O) groups is 2. The van der Waals surface area contributed by atoms with Gasteiger partial charge in [-0.15, -0.1) is 0 Å². The molecule has 120 valence electrons. The Morgan fingerprint density at radius 2 is 1.86 bits per heavy atom. The molecular weight excluding hydrogens is 297 g/mol. The van der Waals surface area contributed by atoms with Crippen LogP contribution in [0, 0.1) is 15.9 Å². The van der Waals surface area contributed by atoms with E-state index in [0.29, 0.717) is 0 Å². The van der Waals surface area contributed by atoms with Gasteiger partial charge in [-0.1, -0.05) is 0 Å². The van der Waals surface area contributed by atoms with E-state index < -0.39 is 29.3 Å². The van der Waals surface area contributed by atoms with Gasteiger partial charge in [0.1, 0.15) is 12.4 Å². The van der Waals surface area contributed by atoms with Crippen LogP contribution in [0.5, 0.6) is 0 Å². The van der Waals surface area contributed by atoms with Crippen LogP contribution in [0.4, 0.5) is 10.1 Å². The van der Waals surface area contributed by atoms with E-state index in [0.717, 1.165) is 18.2 Å². The van der Waals surface area contributed by atoms with Crippen LogP contribution in [-0.4, -0.2) is 23.5 Å². The maximum absolute atomic E-state index is 13.5. The van der Waals surface area contributed by atoms with Gasteiger partial charge in [-0.3, -0.25) is 19.7 Å². The van der Waals surface area contributed by atoms with Crippen molar-refractivity contribution >= 4 is 17.6 Å². The van der Waals surface area contributed by atoms with E-state index in [-0.39, 0.29) is 37.1 Å². The van der Waals surface area contributed by atoms with Crippen molar-refractivity contribution < 1.29 is 28.4 Å². The lowest BCUT2D eigenvalue weighted by atomic mass is 10.2. The summed E-state index contributed by atoms with van der Waals surface area (Å²) in [7, 11) is 0. The lowest BCUT2D eigenvalue weighted by Crippen LogP contribution is -2.08. The second kappa shape index (κ2) is 8.71. The maximum atomic E-state index is 13.5. The molecule has 0 unspecified atom stereocenters. The maximum Gasteiger partial charge on any atom is 0.306 e. The molecule has 1 aromatic carbocycles. The first kappa shape index (κ1) is 17.5. The fourth-order valence-electron chi connectivity index (χ4n) is 1.63. The van der Waals surface area contributed by atoms with Crippen LogP contribution in [-0.2, 0) is 25.7 Å². The van der Waals surface area contributed by atoms with Gasteiger partial charge in [-0.05, 0) is 19.4 Å². The molecule has 0 fully saturated rings. The zero-order valence-electron chi connectivity index (χ0n) is 12.0. The Kier molecular flexibility index (Phi) is 6.94. The lowest BCUT2D eigenvalue weighted by Gasteiger charge is -2.06. The molecule has 1 rings (SSSR count). The van der Waals surface area contributed by atoms with Gasteiger partial charge in [-0.2, -0.15) is 0 Å². The molecule has 0 radical (unpaired) electrons. The van der Waals surface area contributed by atoms with Crippen LogP contribution in [0.2, 0.25) is 0 Å². The lowest BCUT2D eigenvalue weighted by molar-refractivity contribution is -0.385. The molecule has 0 spiro atoms. The first-order valence-electron chi connectivity index (χ1n) is 6.68. The van der Waals surface area contributed by atoms with Crippen LogP contribution >= 0.6 is 0 Å². The minimum Gasteiger partial charge on any atom is -0.466 e. The number of nitro groups is 1. The number of hydrogen-bond acceptors (Lipinski definition) is 6. The van der Waals surface area contributed by atoms with E-state index in [1.807, 2.05) is 0 Å². The fourth-order valence-corrected chi connectivity index (χ4v) is 1.63. The minimum absolute atomic E-state index is 0.0185. The third-order valence-corrected chi connectivity index (χ3v) is 2.70. The number of nitro benzene ring substituents is 1. The number of nitrogens with zero attached hydrogens (tertiary/aromatic N) is 1. The Hall–Kier alpha value is -2.51. The summed E-state index contributed by atoms with van der Waals surface area (Å²) in [6.07, 6.45) is 0.332. The molecule has 0 heterocycles. The van der Waals surface area contributed by atoms with E-state index in [1.165, 1.54) is 0 Å². The highest BCUT2D eigenvalue weighted by Gasteiger charge is 2.13. The Labute approximate surface area is 126 Å². The van der Waals surface area contributed by atoms with Crippen LogP contribution in [0.3, 0.4) is 0 Å². The first-order chi connectivity index (χ1) is 10.4. The van der Waals surface area contributed by atoms with Gasteiger partial charge in [0.2, 0.25) is 0 Å². The molecule has 22 heavy (non-hydrogen) atoms. The van der Waals surface area contributed by atoms with Gasteiger partial charge in [0.25, 0.3) is 5.69 Å². The van der Waals surface area contributed by atoms with Crippen LogP contribution in [0.1, 0.15) is 31.7 Å². The van der Waals surface area contributed by atoms with Gasteiger partial charge in [0, 0.05) is 30.5 Å². The van der Waals surface area contributed by atoms with Gasteiger partial charge < -0.3 is 9.47 Å². The SMILES string of the molecule is CCOC(=O)CCCC(=O)OCc1cc([N+](=O)[O-])ccc1F. The molecule has 0 aliphatic rings. The van der Waals surface area contributed by atoms with E-state index in [9.17, 15) is 24.1 Å². The molecule has 8 heteroatoms. The monoisotopic (exact) mass is 313 g/mol. The average Bonchev–Trinajstić information content (AvgIpc) is 2.46. The Bertz CT molecular complexity index is 560. The molecule has 0 saturated heterocycles. The van der Waals surface area contributed by atoms with E-state index >= 15 is 0 Å². The minimum atomic E-state index is -0.690. The quantitative estimate of drug-likeness (QED) is 0.415. The third-order valence-electron chi connectivity index (χ3n) is 2.70. The number of non-ortho nitro benzene ring substituents is 1. The standard InChI is InChI=1S/C14H16FNO6/c1-2-21-13(17)4-3-5-14(18)22-9-10-8-11(16(19)20)6-7-12(10)15/h6-8H,2-5,9H2,1H3. The van der Waals surface area contributed by atoms with Crippen molar-refractivity contribution in [1.29, 1.82) is 0 Å². The number of benzene rings is 1. The van der Waals surface area contributed by atoms with Crippen LogP contribution < -0.4 is 0 Å². The normalized spacial score (nSPS) is 10.1. The molecule has 0 aliphatic carbocycles. The van der Waals surface area contributed by atoms with Crippen molar-refractivity contribution in [2.45, 2.75) is 32.8 Å². The number of ether oxygens (including phenoxy) is 2. The second-order valence-electron chi connectivity index (χ2n) is 4.35. The molecule has 0 N–H and O–H groups in total. The van der Waals surface area contributed by atoms with Crippen molar-refractivity contribution in [3.63, 3.8) is 0 Å². The highest BCUT2D eigenvalue weighted by Crippen LogP contribution is 2.17. The number of halogens is 1. The molecule has 0 amide bonds. The highest BCUT2D eigenvalue weighted by molar-refractivity contribution is 5.72. The summed E-state index contributed by atoms with van der Waals surface area (Å²) in [5.74, 6) is -1.71. The topological polar surface area (TPSA) is 95.7 Å². The predicted molar refractivity (Wildman–Crippen MR) is 73.3 cm³/mol. The molecule has 0 aliphatic heterocycles. The first-order valence-corrected chi connectivity index (χ1v) is 6.68. The zero-order valence-corrected chi connectivity index (χ0v) is 12.0. The van der Waals surface area contributed by atoms with Crippen molar-refractivity contribution in [2.24, 2.45) is 0 Å². The van der Waals surface area contributed by atoms with E-state index in [1.54, 1.807) is 6.92 Å². The molecule has 1 aromatic rings. The van der Waals surface area contributed by atoms with Crippen LogP contribution in [0.15, 0.2) is 18.2 Å². The fraction of sp³-hybridized carbons (Fsp3) is 0.429. The summed E-state index contributed by atoms with van der Waals surface area (Å²) >= 11 is 0. The second-order valence-corrected chi connectivity index (χ2v) is 4.35. The summed E-state index contributed by atoms with van der Waals surface area (Å²) in [6.45, 7) is 1.56. The number of hydrogen-bond donors (Lipinski definition) is 0. The largest absolute Gasteiger partial charge is 0.466 e. The van der Waals surface area contributed by atoms with Crippen molar-refractivity contribution in [3.8, 4) is 0 Å². The van der Waals surface area contributed by atoms with Crippen molar-refractivity contribution in [3.05, 3.63) is 39.7 Å². The van der Waals surface area contributed by atoms with E-state index in [4.69, 9.17) is 9.47 Å². The molecule has 0 atom stereocenters. The van der Waals surface area contributed by atoms with Crippen molar-refractivity contribution in [1.82, 2.24) is 0 Å². The van der Waals surface area contributed by atoms with Gasteiger partial charge in [0.05, 0.1) is 11.5 Å². The molecule has 7 nitrogen and oxygen atoms in total. The Balaban J connectivity index is 2.42. The van der Waals surface area contributed by atoms with Gasteiger partial charge in [0.15, 0.2) is 0 Å². The van der Waals surface area contributed by atoms with Gasteiger partial charge >= 0.3 is 11.9 Å². The summed E-state index contributed by atoms with van der Waals surface area (Å²) in [4.78, 5) is 32.4. The smallest absolute Gasteiger partial charge is 0.306 e. The summed E-state index contributed by atoms with van der Waals surface area (Å²) in [5, 5.41) is 10.6. The number of esters is 2. The molecular formula is C14H16FNO6. The number of rotatable bonds is 8. The molecule has 0 aromatic heterocycles. The number of carbonyl (C=O) groups excluding carboxylic acids is 2. The van der Waals surface area contributed by atoms with Gasteiger partial charge in [-0.25, -0.2) is 4.39 Å². The third kappa shape index (κ3) is 5.86. The Morgan fingerprint density at radius 3 is 2.45 bits per heavy atom. The highest BCUT2D eigenvalue weighted by atomic mass is 19.1. The average molecular weight is 313 g/mol. The summed E-state index contributed by atoms with van der Waals surface area (Å²) < 4.78 is 23.0. The van der Waals surface area contributed by atoms with Crippen LogP contribution in [0.25, 0.3) is 0 Å².